The molecule has 0 atom stereocenters. The maximum atomic E-state index is 12.1. The molecule has 132 valence electrons. The molecule has 0 saturated carbocycles. The molecule has 1 heterocycles. The number of ether oxygens (including phenoxy) is 1. The first kappa shape index (κ1) is 18.3. The SMILES string of the molecule is CS(=O)(=O)c1ccc(OCCC(=O)N2CCC(C(=O)O)CC2)cc1. The minimum atomic E-state index is -3.24. The Morgan fingerprint density at radius 2 is 1.79 bits per heavy atom. The molecular formula is C16H21NO6S. The predicted molar refractivity (Wildman–Crippen MR) is 86.6 cm³/mol. The predicted octanol–water partition coefficient (Wildman–Crippen LogP) is 1.18. The zero-order valence-corrected chi connectivity index (χ0v) is 14.3. The summed E-state index contributed by atoms with van der Waals surface area (Å²) in [5.74, 6) is -0.729. The monoisotopic (exact) mass is 355 g/mol. The van der Waals surface area contributed by atoms with Gasteiger partial charge < -0.3 is 14.7 Å². The molecule has 1 aliphatic heterocycles. The van der Waals surface area contributed by atoms with Gasteiger partial charge in [-0.25, -0.2) is 8.42 Å². The smallest absolute Gasteiger partial charge is 0.306 e. The topological polar surface area (TPSA) is 101 Å². The highest BCUT2D eigenvalue weighted by Gasteiger charge is 2.26. The van der Waals surface area contributed by atoms with Gasteiger partial charge in [-0.1, -0.05) is 0 Å². The van der Waals surface area contributed by atoms with E-state index in [2.05, 4.69) is 0 Å². The number of rotatable bonds is 6. The number of nitrogens with zero attached hydrogens (tertiary/aromatic N) is 1. The van der Waals surface area contributed by atoms with Crippen molar-refractivity contribution in [3.8, 4) is 5.75 Å². The van der Waals surface area contributed by atoms with E-state index in [9.17, 15) is 18.0 Å². The molecule has 0 radical (unpaired) electrons. The lowest BCUT2D eigenvalue weighted by atomic mass is 9.97. The minimum Gasteiger partial charge on any atom is -0.493 e. The average Bonchev–Trinajstić information content (AvgIpc) is 2.54. The fourth-order valence-corrected chi connectivity index (χ4v) is 3.20. The van der Waals surface area contributed by atoms with E-state index < -0.39 is 15.8 Å². The van der Waals surface area contributed by atoms with Crippen LogP contribution in [0.25, 0.3) is 0 Å². The number of aliphatic carboxylic acids is 1. The molecule has 1 saturated heterocycles. The first-order valence-corrected chi connectivity index (χ1v) is 9.60. The summed E-state index contributed by atoms with van der Waals surface area (Å²) in [6.07, 6.45) is 2.30. The highest BCUT2D eigenvalue weighted by atomic mass is 32.2. The quantitative estimate of drug-likeness (QED) is 0.822. The van der Waals surface area contributed by atoms with Crippen LogP contribution in [0, 0.1) is 5.92 Å². The molecule has 0 spiro atoms. The van der Waals surface area contributed by atoms with Gasteiger partial charge in [0.1, 0.15) is 5.75 Å². The lowest BCUT2D eigenvalue weighted by Crippen LogP contribution is -2.40. The van der Waals surface area contributed by atoms with Gasteiger partial charge in [0.2, 0.25) is 5.91 Å². The Balaban J connectivity index is 1.76. The highest BCUT2D eigenvalue weighted by Crippen LogP contribution is 2.19. The van der Waals surface area contributed by atoms with E-state index >= 15 is 0 Å². The third-order valence-corrected chi connectivity index (χ3v) is 5.16. The molecule has 8 heteroatoms. The standard InChI is InChI=1S/C16H21NO6S/c1-24(21,22)14-4-2-13(3-5-14)23-11-8-15(18)17-9-6-12(7-10-17)16(19)20/h2-5,12H,6-11H2,1H3,(H,19,20). The van der Waals surface area contributed by atoms with Crippen molar-refractivity contribution in [1.29, 1.82) is 0 Å². The average molecular weight is 355 g/mol. The number of likely N-dealkylation sites (tertiary alicyclic amines) is 1. The lowest BCUT2D eigenvalue weighted by molar-refractivity contribution is -0.145. The van der Waals surface area contributed by atoms with Crippen LogP contribution in [-0.4, -0.2) is 56.3 Å². The van der Waals surface area contributed by atoms with Crippen LogP contribution in [0.15, 0.2) is 29.2 Å². The molecule has 24 heavy (non-hydrogen) atoms. The summed E-state index contributed by atoms with van der Waals surface area (Å²) < 4.78 is 28.2. The van der Waals surface area contributed by atoms with Crippen LogP contribution in [0.5, 0.6) is 5.75 Å². The number of benzene rings is 1. The number of hydrogen-bond donors (Lipinski definition) is 1. The van der Waals surface area contributed by atoms with Crippen LogP contribution in [0.3, 0.4) is 0 Å². The number of sulfone groups is 1. The molecule has 1 aromatic rings. The van der Waals surface area contributed by atoms with Crippen molar-refractivity contribution in [3.05, 3.63) is 24.3 Å². The molecule has 2 rings (SSSR count). The van der Waals surface area contributed by atoms with Crippen LogP contribution >= 0.6 is 0 Å². The van der Waals surface area contributed by atoms with Gasteiger partial charge >= 0.3 is 5.97 Å². The Labute approximate surface area is 141 Å². The van der Waals surface area contributed by atoms with Crippen molar-refractivity contribution < 1.29 is 27.9 Å². The summed E-state index contributed by atoms with van der Waals surface area (Å²) >= 11 is 0. The van der Waals surface area contributed by atoms with Crippen LogP contribution < -0.4 is 4.74 Å². The Kier molecular flexibility index (Phi) is 5.82. The Bertz CT molecular complexity index is 690. The Morgan fingerprint density at radius 1 is 1.21 bits per heavy atom. The van der Waals surface area contributed by atoms with Crippen LogP contribution in [0.1, 0.15) is 19.3 Å². The van der Waals surface area contributed by atoms with E-state index in [0.29, 0.717) is 31.7 Å². The van der Waals surface area contributed by atoms with E-state index in [-0.39, 0.29) is 29.7 Å². The molecule has 1 N–H and O–H groups in total. The third kappa shape index (κ3) is 4.95. The molecule has 7 nitrogen and oxygen atoms in total. The fourth-order valence-electron chi connectivity index (χ4n) is 2.57. The maximum Gasteiger partial charge on any atom is 0.306 e. The molecule has 1 fully saturated rings. The largest absolute Gasteiger partial charge is 0.493 e. The highest BCUT2D eigenvalue weighted by molar-refractivity contribution is 7.90. The van der Waals surface area contributed by atoms with Crippen molar-refractivity contribution in [2.24, 2.45) is 5.92 Å². The van der Waals surface area contributed by atoms with Crippen molar-refractivity contribution in [2.45, 2.75) is 24.2 Å². The lowest BCUT2D eigenvalue weighted by Gasteiger charge is -2.30. The van der Waals surface area contributed by atoms with Crippen LogP contribution in [0.4, 0.5) is 0 Å². The second kappa shape index (κ2) is 7.65. The number of amides is 1. The molecule has 1 amide bonds. The second-order valence-electron chi connectivity index (χ2n) is 5.84. The second-order valence-corrected chi connectivity index (χ2v) is 7.85. The van der Waals surface area contributed by atoms with E-state index in [4.69, 9.17) is 9.84 Å². The molecule has 1 aliphatic rings. The Hall–Kier alpha value is -2.09. The number of carbonyl (C=O) groups is 2. The number of piperidine rings is 1. The third-order valence-electron chi connectivity index (χ3n) is 4.03. The zero-order chi connectivity index (χ0) is 17.7. The maximum absolute atomic E-state index is 12.1. The van der Waals surface area contributed by atoms with Gasteiger partial charge in [-0.3, -0.25) is 9.59 Å². The molecular weight excluding hydrogens is 334 g/mol. The summed E-state index contributed by atoms with van der Waals surface area (Å²) in [6.45, 7) is 1.10. The number of carbonyl (C=O) groups excluding carboxylic acids is 1. The van der Waals surface area contributed by atoms with Crippen molar-refractivity contribution in [2.75, 3.05) is 26.0 Å². The van der Waals surface area contributed by atoms with Crippen molar-refractivity contribution in [1.82, 2.24) is 4.90 Å². The van der Waals surface area contributed by atoms with E-state index in [1.165, 1.54) is 12.1 Å². The molecule has 0 bridgehead atoms. The van der Waals surface area contributed by atoms with Crippen LogP contribution in [-0.2, 0) is 19.4 Å². The van der Waals surface area contributed by atoms with E-state index in [0.717, 1.165) is 6.26 Å². The van der Waals surface area contributed by atoms with Gasteiger partial charge in [-0.2, -0.15) is 0 Å². The van der Waals surface area contributed by atoms with Gasteiger partial charge in [0, 0.05) is 19.3 Å². The van der Waals surface area contributed by atoms with Crippen molar-refractivity contribution in [3.63, 3.8) is 0 Å². The first-order chi connectivity index (χ1) is 11.3. The van der Waals surface area contributed by atoms with Gasteiger partial charge in [-0.15, -0.1) is 0 Å². The normalized spacial score (nSPS) is 16.0. The number of carboxylic acid groups (broad SMARTS) is 1. The molecule has 0 aliphatic carbocycles. The first-order valence-electron chi connectivity index (χ1n) is 7.71. The fraction of sp³-hybridized carbons (Fsp3) is 0.500. The minimum absolute atomic E-state index is 0.0633. The summed E-state index contributed by atoms with van der Waals surface area (Å²) in [7, 11) is -3.24. The van der Waals surface area contributed by atoms with Crippen LogP contribution in [0.2, 0.25) is 0 Å². The van der Waals surface area contributed by atoms with Gasteiger partial charge in [0.15, 0.2) is 9.84 Å². The van der Waals surface area contributed by atoms with E-state index in [1.807, 2.05) is 0 Å². The number of hydrogen-bond acceptors (Lipinski definition) is 5. The number of carboxylic acids is 1. The summed E-state index contributed by atoms with van der Waals surface area (Å²) in [6, 6.07) is 6.03. The molecule has 0 unspecified atom stereocenters. The zero-order valence-electron chi connectivity index (χ0n) is 13.5. The molecule has 1 aromatic carbocycles. The van der Waals surface area contributed by atoms with Crippen molar-refractivity contribution >= 4 is 21.7 Å². The summed E-state index contributed by atoms with van der Waals surface area (Å²) in [5, 5.41) is 8.94. The Morgan fingerprint density at radius 3 is 2.29 bits per heavy atom. The van der Waals surface area contributed by atoms with Gasteiger partial charge in [0.25, 0.3) is 0 Å². The van der Waals surface area contributed by atoms with Gasteiger partial charge in [-0.05, 0) is 37.1 Å². The summed E-state index contributed by atoms with van der Waals surface area (Å²) in [4.78, 5) is 24.8. The summed E-state index contributed by atoms with van der Waals surface area (Å²) in [5.41, 5.74) is 0. The van der Waals surface area contributed by atoms with Gasteiger partial charge in [0.05, 0.1) is 23.8 Å². The molecule has 0 aromatic heterocycles. The van der Waals surface area contributed by atoms with E-state index in [1.54, 1.807) is 17.0 Å².